The average molecular weight is 198 g/mol. The van der Waals surface area contributed by atoms with Crippen LogP contribution in [0, 0.1) is 0 Å². The minimum atomic E-state index is -3.45. The van der Waals surface area contributed by atoms with E-state index in [4.69, 9.17) is 25.5 Å². The van der Waals surface area contributed by atoms with Gasteiger partial charge in [0.05, 0.1) is 6.61 Å². The van der Waals surface area contributed by atoms with Crippen LogP contribution in [0.3, 0.4) is 0 Å². The van der Waals surface area contributed by atoms with Crippen LogP contribution < -0.4 is 0 Å². The van der Waals surface area contributed by atoms with Crippen LogP contribution in [0.2, 0.25) is 0 Å². The average Bonchev–Trinajstić information content (AvgIpc) is 2.08. The molecule has 0 aliphatic carbocycles. The van der Waals surface area contributed by atoms with Gasteiger partial charge < -0.3 is 30.3 Å². The van der Waals surface area contributed by atoms with Gasteiger partial charge in [0.1, 0.15) is 18.3 Å². The lowest BCUT2D eigenvalue weighted by Gasteiger charge is -2.40. The van der Waals surface area contributed by atoms with Crippen molar-refractivity contribution in [2.24, 2.45) is 0 Å². The Kier molecular flexibility index (Phi) is 2.85. The smallest absolute Gasteiger partial charge is 0.347 e. The van der Waals surface area contributed by atoms with Crippen LogP contribution >= 0.6 is 0 Å². The number of alkyl halides is 1. The van der Waals surface area contributed by atoms with Gasteiger partial charge in [-0.3, -0.25) is 0 Å². The molecule has 1 aliphatic heterocycles. The van der Waals surface area contributed by atoms with Crippen molar-refractivity contribution < 1.29 is 34.7 Å². The number of aliphatic hydroxyl groups excluding tert-OH is 4. The van der Waals surface area contributed by atoms with Crippen molar-refractivity contribution in [3.8, 4) is 0 Å². The monoisotopic (exact) mass is 198 g/mol. The minimum absolute atomic E-state index is 0.781. The van der Waals surface area contributed by atoms with Crippen LogP contribution in [0.25, 0.3) is 0 Å². The van der Waals surface area contributed by atoms with Gasteiger partial charge in [-0.1, -0.05) is 0 Å². The molecule has 1 aliphatic rings. The van der Waals surface area contributed by atoms with Crippen molar-refractivity contribution in [2.45, 2.75) is 30.5 Å². The Morgan fingerprint density at radius 2 is 1.77 bits per heavy atom. The molecule has 1 saturated heterocycles. The van der Waals surface area contributed by atoms with E-state index in [1.54, 1.807) is 0 Å². The first kappa shape index (κ1) is 10.8. The van der Waals surface area contributed by atoms with E-state index in [2.05, 4.69) is 4.74 Å². The highest BCUT2D eigenvalue weighted by atomic mass is 19.2. The molecular weight excluding hydrogens is 187 g/mol. The summed E-state index contributed by atoms with van der Waals surface area (Å²) >= 11 is 0. The van der Waals surface area contributed by atoms with Gasteiger partial charge in [-0.25, -0.2) is 0 Å². The third kappa shape index (κ3) is 1.80. The highest BCUT2D eigenvalue weighted by Crippen LogP contribution is 2.28. The highest BCUT2D eigenvalue weighted by Gasteiger charge is 2.53. The Labute approximate surface area is 72.8 Å². The summed E-state index contributed by atoms with van der Waals surface area (Å²) in [6.07, 6.45) is -7.27. The van der Waals surface area contributed by atoms with Crippen LogP contribution in [0.1, 0.15) is 0 Å². The zero-order chi connectivity index (χ0) is 10.2. The Morgan fingerprint density at radius 3 is 2.23 bits per heavy atom. The summed E-state index contributed by atoms with van der Waals surface area (Å²) in [7, 11) is 0. The van der Waals surface area contributed by atoms with E-state index < -0.39 is 37.1 Å². The fraction of sp³-hybridized carbons (Fsp3) is 1.00. The minimum Gasteiger partial charge on any atom is -0.394 e. The second kappa shape index (κ2) is 3.45. The van der Waals surface area contributed by atoms with Crippen molar-refractivity contribution >= 4 is 0 Å². The molecule has 0 radical (unpaired) electrons. The van der Waals surface area contributed by atoms with Crippen molar-refractivity contribution in [2.75, 3.05) is 6.61 Å². The molecule has 0 aromatic carbocycles. The molecule has 0 bridgehead atoms. The molecule has 0 spiro atoms. The van der Waals surface area contributed by atoms with Crippen LogP contribution in [0.15, 0.2) is 0 Å². The van der Waals surface area contributed by atoms with Gasteiger partial charge in [-0.15, -0.1) is 0 Å². The van der Waals surface area contributed by atoms with Gasteiger partial charge in [0.25, 0.3) is 0 Å². The van der Waals surface area contributed by atoms with Crippen molar-refractivity contribution in [1.29, 1.82) is 0 Å². The Morgan fingerprint density at radius 1 is 1.23 bits per heavy atom. The van der Waals surface area contributed by atoms with Gasteiger partial charge in [0.15, 0.2) is 6.10 Å². The fourth-order valence-corrected chi connectivity index (χ4v) is 1.11. The molecule has 1 rings (SSSR count). The molecule has 0 aromatic heterocycles. The first-order valence-electron chi connectivity index (χ1n) is 3.64. The van der Waals surface area contributed by atoms with E-state index >= 15 is 0 Å². The van der Waals surface area contributed by atoms with Gasteiger partial charge in [-0.2, -0.15) is 4.39 Å². The van der Waals surface area contributed by atoms with E-state index in [0.29, 0.717) is 0 Å². The second-order valence-electron chi connectivity index (χ2n) is 2.87. The molecule has 0 unspecified atom stereocenters. The van der Waals surface area contributed by atoms with Gasteiger partial charge in [-0.05, 0) is 0 Å². The fourth-order valence-electron chi connectivity index (χ4n) is 1.11. The number of hydrogen-bond donors (Lipinski definition) is 5. The predicted molar refractivity (Wildman–Crippen MR) is 36.0 cm³/mol. The second-order valence-corrected chi connectivity index (χ2v) is 2.87. The first-order valence-corrected chi connectivity index (χ1v) is 3.64. The van der Waals surface area contributed by atoms with Crippen LogP contribution in [0.5, 0.6) is 0 Å². The maximum atomic E-state index is 12.8. The number of halogens is 1. The molecule has 0 amide bonds. The Balaban J connectivity index is 2.79. The molecule has 0 aromatic rings. The molecule has 7 heteroatoms. The lowest BCUT2D eigenvalue weighted by atomic mass is 9.98. The van der Waals surface area contributed by atoms with Gasteiger partial charge in [0, 0.05) is 0 Å². The molecule has 13 heavy (non-hydrogen) atoms. The summed E-state index contributed by atoms with van der Waals surface area (Å²) in [5, 5.41) is 44.2. The molecule has 1 heterocycles. The molecule has 1 fully saturated rings. The maximum Gasteiger partial charge on any atom is 0.347 e. The molecule has 0 saturated carbocycles. The topological polar surface area (TPSA) is 110 Å². The number of hydrogen-bond acceptors (Lipinski definition) is 6. The first-order chi connectivity index (χ1) is 5.90. The zero-order valence-corrected chi connectivity index (χ0v) is 6.54. The van der Waals surface area contributed by atoms with Gasteiger partial charge in [0.2, 0.25) is 0 Å². The summed E-state index contributed by atoms with van der Waals surface area (Å²) in [4.78, 5) is 0. The SMILES string of the molecule is OC[C@H]1O[C@@](O)(F)[C@H](O)[C@@H](O)[C@@H]1O. The molecule has 5 atom stereocenters. The Bertz CT molecular complexity index is 184. The highest BCUT2D eigenvalue weighted by molar-refractivity contribution is 4.91. The van der Waals surface area contributed by atoms with E-state index in [-0.39, 0.29) is 0 Å². The molecule has 6 nitrogen and oxygen atoms in total. The van der Waals surface area contributed by atoms with E-state index in [0.717, 1.165) is 0 Å². The third-order valence-corrected chi connectivity index (χ3v) is 1.92. The van der Waals surface area contributed by atoms with E-state index in [9.17, 15) is 4.39 Å². The lowest BCUT2D eigenvalue weighted by Crippen LogP contribution is -2.63. The van der Waals surface area contributed by atoms with Crippen LogP contribution in [-0.4, -0.2) is 62.6 Å². The molecular formula is C6H11FO6. The summed E-state index contributed by atoms with van der Waals surface area (Å²) in [5.74, 6) is 0. The summed E-state index contributed by atoms with van der Waals surface area (Å²) in [6, 6.07) is -3.45. The standard InChI is InChI=1S/C6H11FO6/c7-6(12)5(11)4(10)3(9)2(1-8)13-6/h2-5,8-12H,1H2/t2-,3-,4+,5-,6-/m1/s1. The summed E-state index contributed by atoms with van der Waals surface area (Å²) in [6.45, 7) is -0.781. The van der Waals surface area contributed by atoms with Crippen molar-refractivity contribution in [3.05, 3.63) is 0 Å². The van der Waals surface area contributed by atoms with Crippen LogP contribution in [-0.2, 0) is 4.74 Å². The van der Waals surface area contributed by atoms with E-state index in [1.165, 1.54) is 0 Å². The largest absolute Gasteiger partial charge is 0.394 e. The zero-order valence-electron chi connectivity index (χ0n) is 6.54. The normalized spacial score (nSPS) is 52.2. The Hall–Kier alpha value is -0.310. The molecule has 78 valence electrons. The molecule has 5 N–H and O–H groups in total. The number of rotatable bonds is 1. The summed E-state index contributed by atoms with van der Waals surface area (Å²) < 4.78 is 16.9. The van der Waals surface area contributed by atoms with E-state index in [1.807, 2.05) is 0 Å². The lowest BCUT2D eigenvalue weighted by molar-refractivity contribution is -0.403. The van der Waals surface area contributed by atoms with Crippen molar-refractivity contribution in [3.63, 3.8) is 0 Å². The number of ether oxygens (including phenoxy) is 1. The number of aliphatic hydroxyl groups is 5. The maximum absolute atomic E-state index is 12.8. The summed E-state index contributed by atoms with van der Waals surface area (Å²) in [5.41, 5.74) is 0. The van der Waals surface area contributed by atoms with Gasteiger partial charge >= 0.3 is 6.04 Å². The quantitative estimate of drug-likeness (QED) is 0.308. The predicted octanol–water partition coefficient (Wildman–Crippen LogP) is -2.92. The van der Waals surface area contributed by atoms with Crippen LogP contribution in [0.4, 0.5) is 4.39 Å². The van der Waals surface area contributed by atoms with Crippen molar-refractivity contribution in [1.82, 2.24) is 0 Å². The third-order valence-electron chi connectivity index (χ3n) is 1.92.